The van der Waals surface area contributed by atoms with Crippen LogP contribution >= 0.6 is 0 Å². The van der Waals surface area contributed by atoms with Gasteiger partial charge in [-0.3, -0.25) is 14.4 Å². The molecule has 3 N–H and O–H groups in total. The van der Waals surface area contributed by atoms with Crippen molar-refractivity contribution in [1.82, 2.24) is 15.2 Å². The van der Waals surface area contributed by atoms with E-state index < -0.39 is 28.7 Å². The number of hydrogen-bond acceptors (Lipinski definition) is 4. The van der Waals surface area contributed by atoms with Crippen LogP contribution < -0.4 is 10.9 Å². The van der Waals surface area contributed by atoms with Crippen molar-refractivity contribution in [2.24, 2.45) is 11.3 Å². The second kappa shape index (κ2) is 5.38. The van der Waals surface area contributed by atoms with Crippen molar-refractivity contribution in [3.63, 3.8) is 0 Å². The zero-order valence-corrected chi connectivity index (χ0v) is 13.2. The van der Waals surface area contributed by atoms with E-state index in [1.165, 1.54) is 23.1 Å². The summed E-state index contributed by atoms with van der Waals surface area (Å²) in [4.78, 5) is 40.6. The number of pyridine rings is 1. The number of carboxylic acid groups (broad SMARTS) is 1. The number of fused-ring (bicyclic) bond motifs is 2. The molecular weight excluding hydrogens is 329 g/mol. The van der Waals surface area contributed by atoms with Crippen molar-refractivity contribution < 1.29 is 19.1 Å². The number of likely N-dealkylation sites (tertiary alicyclic amines) is 1. The number of carbonyl (C=O) groups is 2. The monoisotopic (exact) mass is 345 g/mol. The van der Waals surface area contributed by atoms with Crippen molar-refractivity contribution in [2.45, 2.75) is 0 Å². The van der Waals surface area contributed by atoms with E-state index in [4.69, 9.17) is 0 Å². The summed E-state index contributed by atoms with van der Waals surface area (Å²) in [6, 6.07) is 4.95. The van der Waals surface area contributed by atoms with E-state index in [-0.39, 0.29) is 18.0 Å². The maximum absolute atomic E-state index is 13.6. The molecule has 130 valence electrons. The van der Waals surface area contributed by atoms with Crippen LogP contribution in [0.2, 0.25) is 0 Å². The molecule has 2 aliphatic rings. The lowest BCUT2D eigenvalue weighted by molar-refractivity contribution is -0.148. The molecule has 2 saturated heterocycles. The number of aromatic nitrogens is 1. The zero-order chi connectivity index (χ0) is 17.8. The van der Waals surface area contributed by atoms with Gasteiger partial charge < -0.3 is 20.3 Å². The van der Waals surface area contributed by atoms with Gasteiger partial charge >= 0.3 is 5.97 Å². The van der Waals surface area contributed by atoms with Crippen molar-refractivity contribution in [2.75, 3.05) is 26.2 Å². The zero-order valence-electron chi connectivity index (χ0n) is 13.2. The highest BCUT2D eigenvalue weighted by molar-refractivity contribution is 6.06. The number of aromatic amines is 1. The van der Waals surface area contributed by atoms with Crippen LogP contribution in [-0.2, 0) is 4.79 Å². The summed E-state index contributed by atoms with van der Waals surface area (Å²) >= 11 is 0. The second-order valence-electron chi connectivity index (χ2n) is 6.71. The first-order chi connectivity index (χ1) is 11.9. The van der Waals surface area contributed by atoms with Crippen LogP contribution in [0.4, 0.5) is 4.39 Å². The molecule has 2 aromatic rings. The minimum Gasteiger partial charge on any atom is -0.481 e. The molecule has 1 amide bonds. The molecule has 2 atom stereocenters. The number of H-pyrrole nitrogens is 1. The molecule has 0 spiro atoms. The van der Waals surface area contributed by atoms with Crippen molar-refractivity contribution in [3.05, 3.63) is 46.0 Å². The molecule has 8 heteroatoms. The first-order valence-corrected chi connectivity index (χ1v) is 7.97. The van der Waals surface area contributed by atoms with Crippen LogP contribution in [0, 0.1) is 17.2 Å². The number of amides is 1. The Kier molecular flexibility index (Phi) is 3.40. The van der Waals surface area contributed by atoms with Gasteiger partial charge in [-0.15, -0.1) is 0 Å². The highest BCUT2D eigenvalue weighted by atomic mass is 19.1. The Bertz CT molecular complexity index is 957. The molecular formula is C17H16FN3O4. The lowest BCUT2D eigenvalue weighted by atomic mass is 9.81. The summed E-state index contributed by atoms with van der Waals surface area (Å²) in [7, 11) is 0. The molecule has 4 rings (SSSR count). The SMILES string of the molecule is O=C(c1cc(=O)[nH]c2ccc(F)cc12)N1C[C@@H]2CNC[C@]2(C(=O)O)C1. The summed E-state index contributed by atoms with van der Waals surface area (Å²) in [5, 5.41) is 13.0. The summed E-state index contributed by atoms with van der Waals surface area (Å²) < 4.78 is 13.6. The molecule has 25 heavy (non-hydrogen) atoms. The van der Waals surface area contributed by atoms with E-state index >= 15 is 0 Å². The molecule has 1 aromatic carbocycles. The average molecular weight is 345 g/mol. The number of aliphatic carboxylic acids is 1. The number of carboxylic acids is 1. The fourth-order valence-corrected chi connectivity index (χ4v) is 3.95. The first kappa shape index (κ1) is 15.8. The Labute approximate surface area is 141 Å². The third-order valence-corrected chi connectivity index (χ3v) is 5.28. The Morgan fingerprint density at radius 2 is 2.12 bits per heavy atom. The molecule has 0 bridgehead atoms. The standard InChI is InChI=1S/C17H16FN3O4/c18-10-1-2-13-11(3-10)12(4-14(22)20-13)15(23)21-6-9-5-19-7-17(9,8-21)16(24)25/h1-4,9,19H,5-8H2,(H,20,22)(H,24,25)/t9-,17-/m0/s1. The van der Waals surface area contributed by atoms with E-state index in [0.29, 0.717) is 30.5 Å². The summed E-state index contributed by atoms with van der Waals surface area (Å²) in [5.41, 5.74) is -1.01. The fraction of sp³-hybridized carbons (Fsp3) is 0.353. The molecule has 2 fully saturated rings. The largest absolute Gasteiger partial charge is 0.481 e. The van der Waals surface area contributed by atoms with Gasteiger partial charge in [0, 0.05) is 49.1 Å². The van der Waals surface area contributed by atoms with Crippen molar-refractivity contribution >= 4 is 22.8 Å². The smallest absolute Gasteiger partial charge is 0.313 e. The topological polar surface area (TPSA) is 103 Å². The Morgan fingerprint density at radius 3 is 2.84 bits per heavy atom. The van der Waals surface area contributed by atoms with Crippen LogP contribution in [0.25, 0.3) is 10.9 Å². The first-order valence-electron chi connectivity index (χ1n) is 7.97. The molecule has 0 aliphatic carbocycles. The predicted molar refractivity (Wildman–Crippen MR) is 86.9 cm³/mol. The molecule has 0 saturated carbocycles. The highest BCUT2D eigenvalue weighted by Gasteiger charge is 2.56. The van der Waals surface area contributed by atoms with Crippen LogP contribution in [-0.4, -0.2) is 53.0 Å². The maximum Gasteiger partial charge on any atom is 0.313 e. The van der Waals surface area contributed by atoms with E-state index in [1.807, 2.05) is 0 Å². The summed E-state index contributed by atoms with van der Waals surface area (Å²) in [5.74, 6) is -2.08. The molecule has 0 unspecified atom stereocenters. The van der Waals surface area contributed by atoms with Gasteiger partial charge in [-0.2, -0.15) is 0 Å². The van der Waals surface area contributed by atoms with Crippen molar-refractivity contribution in [3.8, 4) is 0 Å². The minimum absolute atomic E-state index is 0.0719. The van der Waals surface area contributed by atoms with Crippen LogP contribution in [0.1, 0.15) is 10.4 Å². The third kappa shape index (κ3) is 2.32. The van der Waals surface area contributed by atoms with E-state index in [0.717, 1.165) is 6.07 Å². The normalized spacial score (nSPS) is 25.3. The van der Waals surface area contributed by atoms with Gasteiger partial charge in [0.1, 0.15) is 11.2 Å². The van der Waals surface area contributed by atoms with Gasteiger partial charge in [0.2, 0.25) is 5.56 Å². The Morgan fingerprint density at radius 1 is 1.32 bits per heavy atom. The van der Waals surface area contributed by atoms with Gasteiger partial charge in [-0.25, -0.2) is 4.39 Å². The van der Waals surface area contributed by atoms with Gasteiger partial charge in [0.25, 0.3) is 5.91 Å². The van der Waals surface area contributed by atoms with Crippen molar-refractivity contribution in [1.29, 1.82) is 0 Å². The number of carbonyl (C=O) groups excluding carboxylic acids is 1. The number of rotatable bonds is 2. The Hall–Kier alpha value is -2.74. The average Bonchev–Trinajstić information content (AvgIpc) is 3.12. The lowest BCUT2D eigenvalue weighted by Gasteiger charge is -2.23. The molecule has 7 nitrogen and oxygen atoms in total. The third-order valence-electron chi connectivity index (χ3n) is 5.28. The maximum atomic E-state index is 13.6. The van der Waals surface area contributed by atoms with Gasteiger partial charge in [0.15, 0.2) is 0 Å². The lowest BCUT2D eigenvalue weighted by Crippen LogP contribution is -2.41. The fourth-order valence-electron chi connectivity index (χ4n) is 3.95. The number of nitrogens with one attached hydrogen (secondary N) is 2. The van der Waals surface area contributed by atoms with E-state index in [9.17, 15) is 23.9 Å². The minimum atomic E-state index is -1.00. The van der Waals surface area contributed by atoms with E-state index in [1.54, 1.807) is 0 Å². The number of nitrogens with zero attached hydrogens (tertiary/aromatic N) is 1. The molecule has 0 radical (unpaired) electrons. The molecule has 1 aromatic heterocycles. The number of hydrogen-bond donors (Lipinski definition) is 3. The second-order valence-corrected chi connectivity index (χ2v) is 6.71. The summed E-state index contributed by atoms with van der Waals surface area (Å²) in [6.45, 7) is 1.20. The van der Waals surface area contributed by atoms with Gasteiger partial charge in [-0.05, 0) is 18.2 Å². The van der Waals surface area contributed by atoms with Gasteiger partial charge in [0.05, 0.1) is 5.56 Å². The Balaban J connectivity index is 1.75. The van der Waals surface area contributed by atoms with Crippen LogP contribution in [0.5, 0.6) is 0 Å². The molecule has 2 aliphatic heterocycles. The number of benzene rings is 1. The number of halogens is 1. The molecule has 3 heterocycles. The van der Waals surface area contributed by atoms with Crippen LogP contribution in [0.15, 0.2) is 29.1 Å². The quantitative estimate of drug-likeness (QED) is 0.732. The van der Waals surface area contributed by atoms with Crippen LogP contribution in [0.3, 0.4) is 0 Å². The van der Waals surface area contributed by atoms with E-state index in [2.05, 4.69) is 10.3 Å². The predicted octanol–water partition coefficient (Wildman–Crippen LogP) is 0.413. The highest BCUT2D eigenvalue weighted by Crippen LogP contribution is 2.40. The van der Waals surface area contributed by atoms with Gasteiger partial charge in [-0.1, -0.05) is 0 Å². The summed E-state index contributed by atoms with van der Waals surface area (Å²) in [6.07, 6.45) is 0.